The molecule has 0 amide bonds. The maximum atomic E-state index is 7.09. The number of hydrogen-bond donors (Lipinski definition) is 0. The Morgan fingerprint density at radius 1 is 1.25 bits per heavy atom. The van der Waals surface area contributed by atoms with E-state index < -0.39 is 19.4 Å². The lowest BCUT2D eigenvalue weighted by Crippen LogP contribution is -2.58. The van der Waals surface area contributed by atoms with Gasteiger partial charge in [0.2, 0.25) is 7.05 Å². The Kier molecular flexibility index (Phi) is 4.83. The first kappa shape index (κ1) is 11.3. The average Bonchev–Trinajstić information content (AvgIpc) is 2.34. The Morgan fingerprint density at radius 2 is 1.88 bits per heavy atom. The molecule has 0 bridgehead atoms. The molecule has 1 rings (SSSR count). The molecule has 1 aliphatic rings. The molecule has 1 aliphatic heterocycles. The molecule has 7 heteroatoms. The third kappa shape index (κ3) is 2.91. The third-order valence-corrected chi connectivity index (χ3v) is 2.99. The van der Waals surface area contributed by atoms with Gasteiger partial charge in [-0.1, -0.05) is 11.9 Å². The van der Waals surface area contributed by atoms with Gasteiger partial charge in [0, 0.05) is 21.3 Å². The summed E-state index contributed by atoms with van der Waals surface area (Å²) in [6, 6.07) is 0. The van der Waals surface area contributed by atoms with Gasteiger partial charge in [0.15, 0.2) is 6.29 Å². The van der Waals surface area contributed by atoms with Crippen molar-refractivity contribution in [2.75, 3.05) is 21.3 Å². The van der Waals surface area contributed by atoms with Crippen LogP contribution in [0.2, 0.25) is 0 Å². The molecule has 5 atom stereocenters. The third-order valence-electron chi connectivity index (χ3n) is 2.69. The molecule has 0 unspecified atom stereocenters. The minimum atomic E-state index is -1.14. The van der Waals surface area contributed by atoms with Gasteiger partial charge in [0.25, 0.3) is 0 Å². The Morgan fingerprint density at radius 3 is 2.38 bits per heavy atom. The highest BCUT2D eigenvalue weighted by Gasteiger charge is 2.45. The van der Waals surface area contributed by atoms with Gasteiger partial charge in [-0.05, 0) is 9.60 Å². The molecule has 16 heavy (non-hydrogen) atoms. The lowest BCUT2D eigenvalue weighted by atomic mass is 9.99. The molecule has 0 N–H and O–H groups in total. The fourth-order valence-corrected chi connectivity index (χ4v) is 2.21. The molecule has 0 aliphatic carbocycles. The number of rotatable bonds is 6. The summed E-state index contributed by atoms with van der Waals surface area (Å²) in [5, 5.41) is 0. The van der Waals surface area contributed by atoms with E-state index in [1.54, 1.807) is 14.2 Å². The van der Waals surface area contributed by atoms with Crippen LogP contribution in [-0.4, -0.2) is 61.8 Å². The lowest BCUT2D eigenvalue weighted by Gasteiger charge is -2.43. The van der Waals surface area contributed by atoms with Crippen LogP contribution in [0.4, 0.5) is 0 Å². The predicted molar refractivity (Wildman–Crippen MR) is 63.9 cm³/mol. The minimum Gasteiger partial charge on any atom is -0.376 e. The van der Waals surface area contributed by atoms with Gasteiger partial charge in [-0.2, -0.15) is 0 Å². The van der Waals surface area contributed by atoms with Crippen LogP contribution in [-0.2, 0) is 23.1 Å². The standard InChI is InChI=1S/C9H19BO5S/c1-5-6(11-2)7(12-3)8(13-4)9(14-5)15-16-10/h5-9H,10H2,1-4H3/t5-,6-,7+,8+,9-/m0/s1/i10TD. The van der Waals surface area contributed by atoms with Crippen molar-refractivity contribution in [1.29, 1.82) is 2.67 Å². The molecule has 0 spiro atoms. The van der Waals surface area contributed by atoms with Crippen molar-refractivity contribution in [3.8, 4) is 0 Å². The van der Waals surface area contributed by atoms with Crippen molar-refractivity contribution in [3.05, 3.63) is 0 Å². The molecular weight excluding hydrogens is 231 g/mol. The van der Waals surface area contributed by atoms with Crippen LogP contribution in [0.1, 0.15) is 6.92 Å². The van der Waals surface area contributed by atoms with Crippen LogP contribution in [0.15, 0.2) is 0 Å². The predicted octanol–water partition coefficient (Wildman–Crippen LogP) is -0.0109. The van der Waals surface area contributed by atoms with Crippen LogP contribution in [0, 0.1) is 0 Å². The fourth-order valence-electron chi connectivity index (χ4n) is 1.95. The number of ether oxygens (including phenoxy) is 4. The number of methoxy groups -OCH3 is 3. The highest BCUT2D eigenvalue weighted by Crippen LogP contribution is 2.28. The van der Waals surface area contributed by atoms with Gasteiger partial charge in [0.05, 0.1) is 6.10 Å². The molecule has 0 aromatic carbocycles. The highest BCUT2D eigenvalue weighted by atomic mass is 32.2. The summed E-state index contributed by atoms with van der Waals surface area (Å²) in [4.78, 5) is 0. The Balaban J connectivity index is 2.73. The topological polar surface area (TPSA) is 46.2 Å². The second-order valence-corrected chi connectivity index (χ2v) is 3.89. The van der Waals surface area contributed by atoms with Crippen molar-refractivity contribution in [1.82, 2.24) is 0 Å². The summed E-state index contributed by atoms with van der Waals surface area (Å²) < 4.78 is 41.2. The van der Waals surface area contributed by atoms with E-state index in [1.807, 2.05) is 6.92 Å². The summed E-state index contributed by atoms with van der Waals surface area (Å²) in [7, 11) is 3.55. The quantitative estimate of drug-likeness (QED) is 0.490. The molecular formula is C9H19BO5S. The van der Waals surface area contributed by atoms with E-state index in [0.717, 1.165) is 0 Å². The SMILES string of the molecule is [2H]B([3H])SO[C@@H]1O[C@@H](C)[C@H](OC)[C@@H](OC)[C@H]1OC. The van der Waals surface area contributed by atoms with Crippen LogP contribution in [0.3, 0.4) is 0 Å². The normalized spacial score (nSPS) is 41.4. The van der Waals surface area contributed by atoms with Gasteiger partial charge in [-0.15, -0.1) is 0 Å². The smallest absolute Gasteiger partial charge is 0.210 e. The summed E-state index contributed by atoms with van der Waals surface area (Å²) >= 11 is 0.712. The fraction of sp³-hybridized carbons (Fsp3) is 1.00. The van der Waals surface area contributed by atoms with Crippen LogP contribution in [0.5, 0.6) is 0 Å². The van der Waals surface area contributed by atoms with Gasteiger partial charge >= 0.3 is 0 Å². The zero-order valence-corrected chi connectivity index (χ0v) is 10.7. The first-order valence-corrected chi connectivity index (χ1v) is 5.76. The Hall–Kier alpha value is 0.215. The lowest BCUT2D eigenvalue weighted by molar-refractivity contribution is -0.279. The van der Waals surface area contributed by atoms with Gasteiger partial charge in [-0.25, -0.2) is 0 Å². The van der Waals surface area contributed by atoms with E-state index in [2.05, 4.69) is 0 Å². The molecule has 5 nitrogen and oxygen atoms in total. The average molecular weight is 253 g/mol. The highest BCUT2D eigenvalue weighted by molar-refractivity contribution is 8.15. The maximum absolute atomic E-state index is 7.09. The molecule has 0 radical (unpaired) electrons. The van der Waals surface area contributed by atoms with Gasteiger partial charge < -0.3 is 18.9 Å². The first-order chi connectivity index (χ1) is 8.54. The van der Waals surface area contributed by atoms with E-state index in [0.29, 0.717) is 11.9 Å². The van der Waals surface area contributed by atoms with E-state index >= 15 is 0 Å². The second kappa shape index (κ2) is 6.83. The van der Waals surface area contributed by atoms with Gasteiger partial charge in [0.1, 0.15) is 18.3 Å². The Bertz CT molecular complexity index is 251. The molecule has 0 saturated carbocycles. The van der Waals surface area contributed by atoms with Crippen LogP contribution < -0.4 is 0 Å². The molecule has 94 valence electrons. The summed E-state index contributed by atoms with van der Waals surface area (Å²) in [6.45, 7) is 1.85. The van der Waals surface area contributed by atoms with Gasteiger partial charge in [-0.3, -0.25) is 4.18 Å². The summed E-state index contributed by atoms with van der Waals surface area (Å²) in [5.41, 5.74) is 0. The van der Waals surface area contributed by atoms with Crippen molar-refractivity contribution >= 4 is 18.9 Å². The Labute approximate surface area is 104 Å². The van der Waals surface area contributed by atoms with E-state index in [1.165, 1.54) is 7.11 Å². The van der Waals surface area contributed by atoms with E-state index in [4.69, 9.17) is 25.8 Å². The zero-order valence-electron chi connectivity index (χ0n) is 11.9. The molecule has 1 saturated heterocycles. The van der Waals surface area contributed by atoms with Crippen molar-refractivity contribution in [2.45, 2.75) is 37.6 Å². The van der Waals surface area contributed by atoms with Crippen LogP contribution >= 0.6 is 11.9 Å². The van der Waals surface area contributed by atoms with Crippen LogP contribution in [0.25, 0.3) is 0 Å². The minimum absolute atomic E-state index is 0.230. The summed E-state index contributed by atoms with van der Waals surface area (Å²) in [5.74, 6) is 0. The van der Waals surface area contributed by atoms with Crippen molar-refractivity contribution in [2.24, 2.45) is 0 Å². The second-order valence-electron chi connectivity index (χ2n) is 3.50. The molecule has 1 heterocycles. The van der Waals surface area contributed by atoms with Crippen molar-refractivity contribution < 1.29 is 23.1 Å². The van der Waals surface area contributed by atoms with Crippen molar-refractivity contribution in [3.63, 3.8) is 0 Å². The monoisotopic (exact) mass is 253 g/mol. The van der Waals surface area contributed by atoms with E-state index in [-0.39, 0.29) is 18.3 Å². The summed E-state index contributed by atoms with van der Waals surface area (Å²) in [6.07, 6.45) is -1.98. The first-order valence-electron chi connectivity index (χ1n) is 6.11. The molecule has 1 fully saturated rings. The molecule has 0 aromatic rings. The maximum Gasteiger partial charge on any atom is 0.210 e. The molecule has 0 aromatic heterocycles. The number of hydrogen-bond acceptors (Lipinski definition) is 6. The largest absolute Gasteiger partial charge is 0.376 e. The zero-order chi connectivity index (χ0) is 13.7. The van der Waals surface area contributed by atoms with E-state index in [9.17, 15) is 0 Å².